The lowest BCUT2D eigenvalue weighted by Crippen LogP contribution is -2.00. The molecule has 0 aliphatic heterocycles. The molecule has 0 bridgehead atoms. The summed E-state index contributed by atoms with van der Waals surface area (Å²) >= 11 is 1.58. The number of thiazole rings is 1. The molecule has 0 saturated carbocycles. The van der Waals surface area contributed by atoms with Gasteiger partial charge < -0.3 is 4.42 Å². The van der Waals surface area contributed by atoms with Gasteiger partial charge in [0.1, 0.15) is 16.5 Å². The van der Waals surface area contributed by atoms with Crippen LogP contribution in [0.3, 0.4) is 0 Å². The Balaban J connectivity index is 1.66. The number of rotatable bonds is 5. The highest BCUT2D eigenvalue weighted by atomic mass is 32.2. The number of aryl methyl sites for hydroxylation is 2. The summed E-state index contributed by atoms with van der Waals surface area (Å²) in [5.74, 6) is 2.00. The van der Waals surface area contributed by atoms with Gasteiger partial charge in [-0.1, -0.05) is 29.8 Å². The van der Waals surface area contributed by atoms with Crippen LogP contribution in [0.2, 0.25) is 0 Å². The van der Waals surface area contributed by atoms with Crippen LogP contribution in [0.4, 0.5) is 0 Å². The van der Waals surface area contributed by atoms with E-state index >= 15 is 0 Å². The molecule has 1 unspecified atom stereocenters. The average molecular weight is 332 g/mol. The van der Waals surface area contributed by atoms with Crippen molar-refractivity contribution in [2.75, 3.05) is 0 Å². The maximum absolute atomic E-state index is 12.2. The molecule has 1 atom stereocenters. The Labute approximate surface area is 135 Å². The zero-order valence-corrected chi connectivity index (χ0v) is 14.0. The number of hydrogen-bond acceptors (Lipinski definition) is 5. The monoisotopic (exact) mass is 332 g/mol. The highest BCUT2D eigenvalue weighted by molar-refractivity contribution is 7.83. The number of oxazole rings is 1. The topological polar surface area (TPSA) is 56.0 Å². The smallest absolute Gasteiger partial charge is 0.206 e. The summed E-state index contributed by atoms with van der Waals surface area (Å²) in [5.41, 5.74) is 3.17. The van der Waals surface area contributed by atoms with Gasteiger partial charge in [0, 0.05) is 21.7 Å². The molecule has 6 heteroatoms. The van der Waals surface area contributed by atoms with Crippen molar-refractivity contribution >= 4 is 22.1 Å². The SMILES string of the molecule is Cc1ccc(-c2nc(CS(=O)Cc3ncc(C)o3)cs2)cc1. The van der Waals surface area contributed by atoms with Crippen LogP contribution >= 0.6 is 11.3 Å². The maximum atomic E-state index is 12.2. The second-order valence-electron chi connectivity index (χ2n) is 5.10. The first kappa shape index (κ1) is 15.1. The van der Waals surface area contributed by atoms with E-state index in [2.05, 4.69) is 41.2 Å². The predicted molar refractivity (Wildman–Crippen MR) is 89.1 cm³/mol. The molecule has 3 rings (SSSR count). The van der Waals surface area contributed by atoms with Gasteiger partial charge in [-0.25, -0.2) is 9.97 Å². The summed E-state index contributed by atoms with van der Waals surface area (Å²) in [6.07, 6.45) is 1.64. The molecule has 2 heterocycles. The molecule has 22 heavy (non-hydrogen) atoms. The largest absolute Gasteiger partial charge is 0.445 e. The van der Waals surface area contributed by atoms with Gasteiger partial charge in [-0.15, -0.1) is 11.3 Å². The predicted octanol–water partition coefficient (Wildman–Crippen LogP) is 3.86. The van der Waals surface area contributed by atoms with Crippen molar-refractivity contribution in [2.24, 2.45) is 0 Å². The Hall–Kier alpha value is -1.79. The molecule has 1 aromatic carbocycles. The van der Waals surface area contributed by atoms with Crippen LogP contribution in [-0.2, 0) is 22.3 Å². The van der Waals surface area contributed by atoms with Gasteiger partial charge in [0.05, 0.1) is 17.6 Å². The van der Waals surface area contributed by atoms with Crippen molar-refractivity contribution in [3.8, 4) is 10.6 Å². The van der Waals surface area contributed by atoms with E-state index < -0.39 is 10.8 Å². The summed E-state index contributed by atoms with van der Waals surface area (Å²) < 4.78 is 17.5. The fourth-order valence-corrected chi connectivity index (χ4v) is 3.94. The summed E-state index contributed by atoms with van der Waals surface area (Å²) in [7, 11) is -1.07. The van der Waals surface area contributed by atoms with E-state index in [-0.39, 0.29) is 0 Å². The highest BCUT2D eigenvalue weighted by Gasteiger charge is 2.11. The summed E-state index contributed by atoms with van der Waals surface area (Å²) in [5, 5.41) is 2.92. The third-order valence-electron chi connectivity index (χ3n) is 3.11. The van der Waals surface area contributed by atoms with Crippen molar-refractivity contribution in [3.05, 3.63) is 58.8 Å². The molecular weight excluding hydrogens is 316 g/mol. The molecule has 0 aliphatic rings. The van der Waals surface area contributed by atoms with E-state index in [9.17, 15) is 4.21 Å². The molecule has 0 radical (unpaired) electrons. The minimum absolute atomic E-state index is 0.325. The molecule has 0 saturated heterocycles. The normalized spacial score (nSPS) is 12.5. The first-order valence-corrected chi connectivity index (χ1v) is 9.24. The van der Waals surface area contributed by atoms with Gasteiger partial charge in [-0.05, 0) is 13.8 Å². The summed E-state index contributed by atoms with van der Waals surface area (Å²) in [6, 6.07) is 8.26. The van der Waals surface area contributed by atoms with Crippen LogP contribution in [0.15, 0.2) is 40.3 Å². The van der Waals surface area contributed by atoms with Crippen molar-refractivity contribution < 1.29 is 8.63 Å². The number of hydrogen-bond donors (Lipinski definition) is 0. The quantitative estimate of drug-likeness (QED) is 0.712. The molecule has 3 aromatic rings. The summed E-state index contributed by atoms with van der Waals surface area (Å²) in [4.78, 5) is 8.65. The minimum atomic E-state index is -1.07. The second-order valence-corrected chi connectivity index (χ2v) is 7.42. The zero-order valence-electron chi connectivity index (χ0n) is 12.4. The molecule has 0 spiro atoms. The molecule has 0 N–H and O–H groups in total. The van der Waals surface area contributed by atoms with Gasteiger partial charge >= 0.3 is 0 Å². The lowest BCUT2D eigenvalue weighted by molar-refractivity contribution is 0.488. The molecule has 0 aliphatic carbocycles. The lowest BCUT2D eigenvalue weighted by atomic mass is 10.2. The highest BCUT2D eigenvalue weighted by Crippen LogP contribution is 2.24. The van der Waals surface area contributed by atoms with Crippen LogP contribution in [0, 0.1) is 13.8 Å². The van der Waals surface area contributed by atoms with E-state index in [1.54, 1.807) is 17.5 Å². The molecule has 2 aromatic heterocycles. The Morgan fingerprint density at radius 3 is 2.64 bits per heavy atom. The maximum Gasteiger partial charge on any atom is 0.206 e. The Morgan fingerprint density at radius 2 is 1.95 bits per heavy atom. The van der Waals surface area contributed by atoms with E-state index in [0.29, 0.717) is 17.4 Å². The molecule has 0 amide bonds. The van der Waals surface area contributed by atoms with Crippen molar-refractivity contribution in [3.63, 3.8) is 0 Å². The van der Waals surface area contributed by atoms with Gasteiger partial charge in [-0.3, -0.25) is 4.21 Å². The number of nitrogens with zero attached hydrogens (tertiary/aromatic N) is 2. The fraction of sp³-hybridized carbons (Fsp3) is 0.250. The minimum Gasteiger partial charge on any atom is -0.445 e. The van der Waals surface area contributed by atoms with Crippen LogP contribution in [0.1, 0.15) is 22.9 Å². The van der Waals surface area contributed by atoms with Crippen LogP contribution in [0.25, 0.3) is 10.6 Å². The third kappa shape index (κ3) is 3.69. The van der Waals surface area contributed by atoms with E-state index in [1.807, 2.05) is 12.3 Å². The van der Waals surface area contributed by atoms with E-state index in [1.165, 1.54) is 5.56 Å². The van der Waals surface area contributed by atoms with Crippen LogP contribution in [0.5, 0.6) is 0 Å². The first-order chi connectivity index (χ1) is 10.6. The Morgan fingerprint density at radius 1 is 1.18 bits per heavy atom. The average Bonchev–Trinajstić information content (AvgIpc) is 3.09. The number of benzene rings is 1. The Kier molecular flexibility index (Phi) is 4.49. The van der Waals surface area contributed by atoms with Crippen molar-refractivity contribution in [1.29, 1.82) is 0 Å². The van der Waals surface area contributed by atoms with Gasteiger partial charge in [-0.2, -0.15) is 0 Å². The van der Waals surface area contributed by atoms with Gasteiger partial charge in [0.15, 0.2) is 0 Å². The van der Waals surface area contributed by atoms with E-state index in [0.717, 1.165) is 22.0 Å². The van der Waals surface area contributed by atoms with Crippen molar-refractivity contribution in [1.82, 2.24) is 9.97 Å². The molecule has 114 valence electrons. The lowest BCUT2D eigenvalue weighted by Gasteiger charge is -1.98. The van der Waals surface area contributed by atoms with Crippen LogP contribution < -0.4 is 0 Å². The fourth-order valence-electron chi connectivity index (χ4n) is 2.02. The third-order valence-corrected chi connectivity index (χ3v) is 5.24. The Bertz CT molecular complexity index is 791. The summed E-state index contributed by atoms with van der Waals surface area (Å²) in [6.45, 7) is 3.89. The second kappa shape index (κ2) is 6.54. The molecule has 0 fully saturated rings. The molecular formula is C16H16N2O2S2. The first-order valence-electron chi connectivity index (χ1n) is 6.88. The van der Waals surface area contributed by atoms with Gasteiger partial charge in [0.25, 0.3) is 0 Å². The van der Waals surface area contributed by atoms with Gasteiger partial charge in [0.2, 0.25) is 5.89 Å². The molecule has 4 nitrogen and oxygen atoms in total. The standard InChI is InChI=1S/C16H16N2O2S2/c1-11-3-5-13(6-4-11)16-18-14(8-21-16)9-22(19)10-15-17-7-12(2)20-15/h3-8H,9-10H2,1-2H3. The van der Waals surface area contributed by atoms with Crippen molar-refractivity contribution in [2.45, 2.75) is 25.4 Å². The number of aromatic nitrogens is 2. The van der Waals surface area contributed by atoms with E-state index in [4.69, 9.17) is 4.42 Å². The zero-order chi connectivity index (χ0) is 15.5. The van der Waals surface area contributed by atoms with Crippen LogP contribution in [-0.4, -0.2) is 14.2 Å².